The van der Waals surface area contributed by atoms with Crippen molar-refractivity contribution in [2.75, 3.05) is 19.0 Å². The number of pyridine rings is 2. The fourth-order valence-corrected chi connectivity index (χ4v) is 2.96. The van der Waals surface area contributed by atoms with Crippen LogP contribution in [0.4, 0.5) is 5.82 Å². The van der Waals surface area contributed by atoms with E-state index < -0.39 is 0 Å². The topological polar surface area (TPSA) is 56.3 Å². The molecular formula is C21H25N3O2. The molecule has 2 aromatic heterocycles. The molecule has 0 aliphatic heterocycles. The van der Waals surface area contributed by atoms with Crippen LogP contribution >= 0.6 is 0 Å². The molecule has 5 nitrogen and oxygen atoms in total. The maximum absolute atomic E-state index is 5.88. The van der Waals surface area contributed by atoms with Crippen LogP contribution in [0, 0.1) is 6.92 Å². The molecule has 0 unspecified atom stereocenters. The van der Waals surface area contributed by atoms with Crippen molar-refractivity contribution in [3.63, 3.8) is 0 Å². The van der Waals surface area contributed by atoms with E-state index in [1.54, 1.807) is 7.11 Å². The Hall–Kier alpha value is -2.82. The fourth-order valence-electron chi connectivity index (χ4n) is 2.96. The summed E-state index contributed by atoms with van der Waals surface area (Å²) in [5.74, 6) is 2.45. The molecule has 3 rings (SSSR count). The second-order valence-corrected chi connectivity index (χ2v) is 6.43. The highest BCUT2D eigenvalue weighted by molar-refractivity contribution is 5.91. The molecule has 0 aliphatic carbocycles. The van der Waals surface area contributed by atoms with Gasteiger partial charge < -0.3 is 14.8 Å². The molecule has 0 fully saturated rings. The first-order chi connectivity index (χ1) is 12.5. The van der Waals surface area contributed by atoms with Crippen LogP contribution in [0.2, 0.25) is 0 Å². The van der Waals surface area contributed by atoms with Crippen LogP contribution in [0.25, 0.3) is 22.3 Å². The van der Waals surface area contributed by atoms with Gasteiger partial charge in [0.15, 0.2) is 0 Å². The predicted molar refractivity (Wildman–Crippen MR) is 106 cm³/mol. The van der Waals surface area contributed by atoms with E-state index in [9.17, 15) is 0 Å². The normalized spacial score (nSPS) is 11.0. The molecule has 0 radical (unpaired) electrons. The van der Waals surface area contributed by atoms with Gasteiger partial charge in [-0.3, -0.25) is 0 Å². The summed E-state index contributed by atoms with van der Waals surface area (Å²) in [5, 5.41) is 4.31. The van der Waals surface area contributed by atoms with E-state index >= 15 is 0 Å². The Morgan fingerprint density at radius 2 is 1.85 bits per heavy atom. The quantitative estimate of drug-likeness (QED) is 0.689. The number of nitrogens with one attached hydrogen (secondary N) is 1. The van der Waals surface area contributed by atoms with Gasteiger partial charge in [-0.05, 0) is 52.0 Å². The second-order valence-electron chi connectivity index (χ2n) is 6.43. The van der Waals surface area contributed by atoms with E-state index in [2.05, 4.69) is 19.2 Å². The van der Waals surface area contributed by atoms with Gasteiger partial charge in [0.05, 0.1) is 30.6 Å². The minimum atomic E-state index is 0.313. The van der Waals surface area contributed by atoms with Gasteiger partial charge in [-0.25, -0.2) is 9.97 Å². The van der Waals surface area contributed by atoms with E-state index in [0.29, 0.717) is 12.6 Å². The molecule has 3 aromatic rings. The third-order valence-corrected chi connectivity index (χ3v) is 4.11. The Kier molecular flexibility index (Phi) is 5.26. The first-order valence-corrected chi connectivity index (χ1v) is 8.88. The van der Waals surface area contributed by atoms with E-state index in [1.807, 2.05) is 50.2 Å². The number of hydrogen-bond donors (Lipinski definition) is 1. The lowest BCUT2D eigenvalue weighted by Crippen LogP contribution is -2.11. The smallest absolute Gasteiger partial charge is 0.130 e. The van der Waals surface area contributed by atoms with Crippen molar-refractivity contribution < 1.29 is 9.47 Å². The Labute approximate surface area is 154 Å². The van der Waals surface area contributed by atoms with Crippen LogP contribution in [-0.4, -0.2) is 29.7 Å². The van der Waals surface area contributed by atoms with Crippen LogP contribution in [0.3, 0.4) is 0 Å². The molecule has 0 saturated heterocycles. The van der Waals surface area contributed by atoms with E-state index in [4.69, 9.17) is 19.4 Å². The summed E-state index contributed by atoms with van der Waals surface area (Å²) >= 11 is 0. The van der Waals surface area contributed by atoms with Crippen LogP contribution in [0.1, 0.15) is 26.3 Å². The largest absolute Gasteiger partial charge is 0.496 e. The predicted octanol–water partition coefficient (Wildman–Crippen LogP) is 4.83. The Bertz CT molecular complexity index is 923. The minimum absolute atomic E-state index is 0.313. The van der Waals surface area contributed by atoms with Crippen molar-refractivity contribution in [3.8, 4) is 22.9 Å². The number of aromatic nitrogens is 2. The number of anilines is 1. The zero-order chi connectivity index (χ0) is 18.7. The summed E-state index contributed by atoms with van der Waals surface area (Å²) < 4.78 is 11.3. The molecule has 0 amide bonds. The zero-order valence-corrected chi connectivity index (χ0v) is 16.0. The maximum atomic E-state index is 5.88. The molecular weight excluding hydrogens is 326 g/mol. The molecule has 136 valence electrons. The molecule has 5 heteroatoms. The molecule has 0 spiro atoms. The number of ether oxygens (including phenoxy) is 2. The molecule has 0 aliphatic rings. The number of fused-ring (bicyclic) bond motifs is 1. The Morgan fingerprint density at radius 3 is 2.54 bits per heavy atom. The Balaban J connectivity index is 2.18. The number of methoxy groups -OCH3 is 1. The van der Waals surface area contributed by atoms with E-state index in [-0.39, 0.29) is 0 Å². The summed E-state index contributed by atoms with van der Waals surface area (Å²) in [6, 6.07) is 12.1. The average Bonchev–Trinajstić information content (AvgIpc) is 2.62. The summed E-state index contributed by atoms with van der Waals surface area (Å²) in [7, 11) is 1.67. The standard InChI is InChI=1S/C21H25N3O2/c1-6-26-19-12-17(16-8-7-9-20(23-16)22-13(2)3)24-21-14(4)18(25-5)11-10-15(19)21/h7-13H,6H2,1-5H3,(H,22,23). The van der Waals surface area contributed by atoms with Gasteiger partial charge in [-0.1, -0.05) is 6.07 Å². The van der Waals surface area contributed by atoms with Crippen LogP contribution in [0.5, 0.6) is 11.5 Å². The highest BCUT2D eigenvalue weighted by atomic mass is 16.5. The molecule has 2 heterocycles. The summed E-state index contributed by atoms with van der Waals surface area (Å²) in [5.41, 5.74) is 3.45. The third-order valence-electron chi connectivity index (χ3n) is 4.11. The number of hydrogen-bond acceptors (Lipinski definition) is 5. The molecule has 26 heavy (non-hydrogen) atoms. The number of aryl methyl sites for hydroxylation is 1. The van der Waals surface area contributed by atoms with Gasteiger partial charge in [0.25, 0.3) is 0 Å². The lowest BCUT2D eigenvalue weighted by Gasteiger charge is -2.14. The van der Waals surface area contributed by atoms with Crippen molar-refractivity contribution in [1.82, 2.24) is 9.97 Å². The van der Waals surface area contributed by atoms with E-state index in [0.717, 1.165) is 45.2 Å². The molecule has 1 N–H and O–H groups in total. The SMILES string of the molecule is CCOc1cc(-c2cccc(NC(C)C)n2)nc2c(C)c(OC)ccc12. The molecule has 0 atom stereocenters. The summed E-state index contributed by atoms with van der Waals surface area (Å²) in [6.45, 7) is 8.76. The Morgan fingerprint density at radius 1 is 1.04 bits per heavy atom. The van der Waals surface area contributed by atoms with Crippen LogP contribution in [0.15, 0.2) is 36.4 Å². The highest BCUT2D eigenvalue weighted by Crippen LogP contribution is 2.34. The maximum Gasteiger partial charge on any atom is 0.130 e. The third kappa shape index (κ3) is 3.57. The minimum Gasteiger partial charge on any atom is -0.496 e. The van der Waals surface area contributed by atoms with E-state index in [1.165, 1.54) is 0 Å². The van der Waals surface area contributed by atoms with Crippen molar-refractivity contribution in [1.29, 1.82) is 0 Å². The van der Waals surface area contributed by atoms with Gasteiger partial charge in [-0.15, -0.1) is 0 Å². The summed E-state index contributed by atoms with van der Waals surface area (Å²) in [4.78, 5) is 9.57. The van der Waals surface area contributed by atoms with Crippen molar-refractivity contribution in [3.05, 3.63) is 42.0 Å². The number of benzene rings is 1. The average molecular weight is 351 g/mol. The number of rotatable bonds is 6. The van der Waals surface area contributed by atoms with Gasteiger partial charge in [0.2, 0.25) is 0 Å². The van der Waals surface area contributed by atoms with Gasteiger partial charge in [0.1, 0.15) is 17.3 Å². The number of nitrogens with zero attached hydrogens (tertiary/aromatic N) is 2. The van der Waals surface area contributed by atoms with Crippen molar-refractivity contribution in [2.45, 2.75) is 33.7 Å². The molecule has 0 saturated carbocycles. The van der Waals surface area contributed by atoms with Crippen LogP contribution < -0.4 is 14.8 Å². The van der Waals surface area contributed by atoms with Crippen molar-refractivity contribution >= 4 is 16.7 Å². The van der Waals surface area contributed by atoms with Crippen molar-refractivity contribution in [2.24, 2.45) is 0 Å². The van der Waals surface area contributed by atoms with Gasteiger partial charge in [-0.2, -0.15) is 0 Å². The van der Waals surface area contributed by atoms with Crippen LogP contribution in [-0.2, 0) is 0 Å². The van der Waals surface area contributed by atoms with Gasteiger partial charge in [0, 0.05) is 23.1 Å². The fraction of sp³-hybridized carbons (Fsp3) is 0.333. The van der Waals surface area contributed by atoms with Gasteiger partial charge >= 0.3 is 0 Å². The lowest BCUT2D eigenvalue weighted by atomic mass is 10.1. The zero-order valence-electron chi connectivity index (χ0n) is 16.0. The first kappa shape index (κ1) is 18.0. The lowest BCUT2D eigenvalue weighted by molar-refractivity contribution is 0.344. The second kappa shape index (κ2) is 7.60. The molecule has 1 aromatic carbocycles. The first-order valence-electron chi connectivity index (χ1n) is 8.88. The monoisotopic (exact) mass is 351 g/mol. The highest BCUT2D eigenvalue weighted by Gasteiger charge is 2.14. The molecule has 0 bridgehead atoms. The summed E-state index contributed by atoms with van der Waals surface area (Å²) in [6.07, 6.45) is 0.